The lowest BCUT2D eigenvalue weighted by Crippen LogP contribution is -2.32. The lowest BCUT2D eigenvalue weighted by atomic mass is 10.2. The van der Waals surface area contributed by atoms with E-state index in [9.17, 15) is 14.4 Å². The number of esters is 1. The number of rotatable bonds is 4. The molecule has 2 heterocycles. The summed E-state index contributed by atoms with van der Waals surface area (Å²) in [4.78, 5) is 38.3. The van der Waals surface area contributed by atoms with Gasteiger partial charge in [-0.3, -0.25) is 9.59 Å². The maximum atomic E-state index is 11.8. The van der Waals surface area contributed by atoms with Gasteiger partial charge in [0.1, 0.15) is 5.71 Å². The number of hydrogen-bond acceptors (Lipinski definition) is 6. The first-order valence-corrected chi connectivity index (χ1v) is 7.27. The zero-order valence-corrected chi connectivity index (χ0v) is 13.5. The molecule has 0 atom stereocenters. The van der Waals surface area contributed by atoms with Crippen molar-refractivity contribution in [3.8, 4) is 0 Å². The van der Waals surface area contributed by atoms with E-state index in [-0.39, 0.29) is 35.3 Å². The highest BCUT2D eigenvalue weighted by molar-refractivity contribution is 6.38. The number of carbonyl (C=O) groups excluding carboxylic acids is 3. The number of amides is 2. The molecular weight excluding hydrogens is 347 g/mol. The number of aromatic nitrogens is 1. The van der Waals surface area contributed by atoms with Crippen LogP contribution in [0.25, 0.3) is 0 Å². The third-order valence-electron chi connectivity index (χ3n) is 2.93. The molecule has 0 bridgehead atoms. The van der Waals surface area contributed by atoms with E-state index in [2.05, 4.69) is 20.8 Å². The molecule has 1 aliphatic heterocycles. The van der Waals surface area contributed by atoms with Crippen LogP contribution in [0.2, 0.25) is 10.0 Å². The minimum Gasteiger partial charge on any atom is -0.451 e. The molecule has 1 aromatic heterocycles. The minimum absolute atomic E-state index is 0.0518. The van der Waals surface area contributed by atoms with Crippen LogP contribution in [0.15, 0.2) is 11.3 Å². The van der Waals surface area contributed by atoms with Gasteiger partial charge in [-0.1, -0.05) is 23.2 Å². The molecule has 2 N–H and O–H groups in total. The Morgan fingerprint density at radius 2 is 2.13 bits per heavy atom. The van der Waals surface area contributed by atoms with Crippen LogP contribution in [0, 0.1) is 6.92 Å². The first-order chi connectivity index (χ1) is 10.9. The number of hydrazone groups is 1. The summed E-state index contributed by atoms with van der Waals surface area (Å²) in [6, 6.07) is 0. The third kappa shape index (κ3) is 4.40. The van der Waals surface area contributed by atoms with Gasteiger partial charge in [-0.15, -0.1) is 0 Å². The molecule has 8 nitrogen and oxygen atoms in total. The van der Waals surface area contributed by atoms with Crippen LogP contribution in [0.4, 0.5) is 5.82 Å². The second-order valence-electron chi connectivity index (χ2n) is 4.61. The fourth-order valence-corrected chi connectivity index (χ4v) is 2.04. The molecule has 0 spiro atoms. The summed E-state index contributed by atoms with van der Waals surface area (Å²) in [5.74, 6) is -1.54. The van der Waals surface area contributed by atoms with Crippen molar-refractivity contribution in [3.63, 3.8) is 0 Å². The van der Waals surface area contributed by atoms with Crippen molar-refractivity contribution >= 4 is 52.5 Å². The van der Waals surface area contributed by atoms with Gasteiger partial charge in [0.15, 0.2) is 12.4 Å². The monoisotopic (exact) mass is 358 g/mol. The van der Waals surface area contributed by atoms with E-state index in [4.69, 9.17) is 27.9 Å². The van der Waals surface area contributed by atoms with Gasteiger partial charge in [-0.25, -0.2) is 15.2 Å². The Balaban J connectivity index is 1.89. The normalized spacial score (nSPS) is 13.9. The Morgan fingerprint density at radius 1 is 1.39 bits per heavy atom. The van der Waals surface area contributed by atoms with Gasteiger partial charge in [0.05, 0.1) is 10.0 Å². The number of pyridine rings is 1. The zero-order chi connectivity index (χ0) is 17.0. The van der Waals surface area contributed by atoms with Crippen molar-refractivity contribution < 1.29 is 19.1 Å². The number of nitrogens with zero attached hydrogens (tertiary/aromatic N) is 2. The quantitative estimate of drug-likeness (QED) is 0.791. The van der Waals surface area contributed by atoms with Crippen LogP contribution < -0.4 is 10.7 Å². The van der Waals surface area contributed by atoms with Gasteiger partial charge < -0.3 is 10.1 Å². The van der Waals surface area contributed by atoms with Gasteiger partial charge in [-0.2, -0.15) is 5.10 Å². The third-order valence-corrected chi connectivity index (χ3v) is 3.78. The summed E-state index contributed by atoms with van der Waals surface area (Å²) in [5, 5.41) is 6.56. The summed E-state index contributed by atoms with van der Waals surface area (Å²) >= 11 is 11.9. The van der Waals surface area contributed by atoms with Crippen LogP contribution in [-0.4, -0.2) is 35.1 Å². The Bertz CT molecular complexity index is 705. The van der Waals surface area contributed by atoms with E-state index in [0.29, 0.717) is 10.6 Å². The number of carbonyl (C=O) groups is 3. The van der Waals surface area contributed by atoms with E-state index < -0.39 is 18.5 Å². The Labute approximate surface area is 141 Å². The smallest absolute Gasteiger partial charge is 0.355 e. The zero-order valence-electron chi connectivity index (χ0n) is 12.0. The average molecular weight is 359 g/mol. The molecule has 0 saturated heterocycles. The van der Waals surface area contributed by atoms with E-state index >= 15 is 0 Å². The van der Waals surface area contributed by atoms with Crippen molar-refractivity contribution in [3.05, 3.63) is 21.8 Å². The van der Waals surface area contributed by atoms with E-state index in [1.165, 1.54) is 6.20 Å². The van der Waals surface area contributed by atoms with Crippen LogP contribution in [0.3, 0.4) is 0 Å². The maximum absolute atomic E-state index is 11.8. The van der Waals surface area contributed by atoms with Gasteiger partial charge >= 0.3 is 5.97 Å². The molecule has 2 amide bonds. The highest BCUT2D eigenvalue weighted by Crippen LogP contribution is 2.28. The highest BCUT2D eigenvalue weighted by Gasteiger charge is 2.20. The summed E-state index contributed by atoms with van der Waals surface area (Å²) < 4.78 is 4.81. The number of nitrogens with one attached hydrogen (secondary N) is 2. The molecule has 23 heavy (non-hydrogen) atoms. The summed E-state index contributed by atoms with van der Waals surface area (Å²) in [6.45, 7) is 1.14. The molecule has 0 aliphatic carbocycles. The predicted octanol–water partition coefficient (Wildman–Crippen LogP) is 1.44. The number of anilines is 1. The summed E-state index contributed by atoms with van der Waals surface area (Å²) in [6.07, 6.45) is 1.66. The molecule has 1 aromatic rings. The van der Waals surface area contributed by atoms with Crippen LogP contribution in [0.5, 0.6) is 0 Å². The first-order valence-electron chi connectivity index (χ1n) is 6.51. The lowest BCUT2D eigenvalue weighted by molar-refractivity contribution is -0.140. The van der Waals surface area contributed by atoms with E-state index in [1.54, 1.807) is 6.92 Å². The van der Waals surface area contributed by atoms with Crippen molar-refractivity contribution in [1.29, 1.82) is 0 Å². The minimum atomic E-state index is -0.772. The average Bonchev–Trinajstić information content (AvgIpc) is 2.54. The standard InChI is InChI=1S/C13H12Cl2N4O4/c1-6-7(14)4-16-12(11(6)15)17-10(21)5-23-13(22)8-2-3-9(20)19-18-8/h4H,2-3,5H2,1H3,(H,19,20)(H,16,17,21). The molecule has 0 radical (unpaired) electrons. The molecule has 10 heteroatoms. The molecule has 2 rings (SSSR count). The predicted molar refractivity (Wildman–Crippen MR) is 83.4 cm³/mol. The maximum Gasteiger partial charge on any atom is 0.355 e. The SMILES string of the molecule is Cc1c(Cl)cnc(NC(=O)COC(=O)C2=NNC(=O)CC2)c1Cl. The second-order valence-corrected chi connectivity index (χ2v) is 5.40. The van der Waals surface area contributed by atoms with Gasteiger partial charge in [0.2, 0.25) is 5.91 Å². The lowest BCUT2D eigenvalue weighted by Gasteiger charge is -2.12. The van der Waals surface area contributed by atoms with Gasteiger partial charge in [0.25, 0.3) is 5.91 Å². The van der Waals surface area contributed by atoms with Crippen molar-refractivity contribution in [1.82, 2.24) is 10.4 Å². The van der Waals surface area contributed by atoms with Crippen molar-refractivity contribution in [2.45, 2.75) is 19.8 Å². The fraction of sp³-hybridized carbons (Fsp3) is 0.308. The van der Waals surface area contributed by atoms with Crippen LogP contribution in [-0.2, 0) is 19.1 Å². The van der Waals surface area contributed by atoms with Crippen LogP contribution in [0.1, 0.15) is 18.4 Å². The summed E-state index contributed by atoms with van der Waals surface area (Å²) in [7, 11) is 0. The molecular formula is C13H12Cl2N4O4. The van der Waals surface area contributed by atoms with E-state index in [1.807, 2.05) is 0 Å². The second kappa shape index (κ2) is 7.38. The van der Waals surface area contributed by atoms with Crippen molar-refractivity contribution in [2.24, 2.45) is 5.10 Å². The Hall–Kier alpha value is -2.19. The molecule has 0 unspecified atom stereocenters. The van der Waals surface area contributed by atoms with Crippen molar-refractivity contribution in [2.75, 3.05) is 11.9 Å². The number of hydrogen-bond donors (Lipinski definition) is 2. The molecule has 1 aliphatic rings. The molecule has 0 saturated carbocycles. The highest BCUT2D eigenvalue weighted by atomic mass is 35.5. The van der Waals surface area contributed by atoms with Gasteiger partial charge in [0, 0.05) is 19.0 Å². The summed E-state index contributed by atoms with van der Waals surface area (Å²) in [5.41, 5.74) is 2.79. The Kier molecular flexibility index (Phi) is 5.51. The Morgan fingerprint density at radius 3 is 2.78 bits per heavy atom. The topological polar surface area (TPSA) is 110 Å². The van der Waals surface area contributed by atoms with Crippen LogP contribution >= 0.6 is 23.2 Å². The number of ether oxygens (including phenoxy) is 1. The number of halogens is 2. The first kappa shape index (κ1) is 17.2. The molecule has 122 valence electrons. The largest absolute Gasteiger partial charge is 0.451 e. The molecule has 0 aromatic carbocycles. The van der Waals surface area contributed by atoms with E-state index in [0.717, 1.165) is 0 Å². The fourth-order valence-electron chi connectivity index (χ4n) is 1.65. The van der Waals surface area contributed by atoms with Gasteiger partial charge in [-0.05, 0) is 12.5 Å². The molecule has 0 fully saturated rings.